The summed E-state index contributed by atoms with van der Waals surface area (Å²) in [4.78, 5) is 4.59. The minimum Gasteiger partial charge on any atom is -0.494 e. The van der Waals surface area contributed by atoms with Gasteiger partial charge in [0.25, 0.3) is 0 Å². The maximum Gasteiger partial charge on any atom is 0.119 e. The first kappa shape index (κ1) is 14.6. The molecule has 114 valence electrons. The van der Waals surface area contributed by atoms with Crippen molar-refractivity contribution in [2.75, 3.05) is 6.61 Å². The largest absolute Gasteiger partial charge is 0.494 e. The quantitative estimate of drug-likeness (QED) is 0.631. The van der Waals surface area contributed by atoms with Gasteiger partial charge in [0.15, 0.2) is 0 Å². The SMILES string of the molecule is CCc1ccc(OCCCn2c(C)nc3ccccc32)cc1. The van der Waals surface area contributed by atoms with Gasteiger partial charge in [-0.15, -0.1) is 0 Å². The lowest BCUT2D eigenvalue weighted by molar-refractivity contribution is 0.302. The predicted molar refractivity (Wildman–Crippen MR) is 90.4 cm³/mol. The lowest BCUT2D eigenvalue weighted by Crippen LogP contribution is -2.06. The molecule has 0 saturated heterocycles. The van der Waals surface area contributed by atoms with E-state index in [2.05, 4.69) is 65.9 Å². The number of ether oxygens (including phenoxy) is 1. The second-order valence-electron chi connectivity index (χ2n) is 5.50. The normalized spacial score (nSPS) is 11.0. The molecule has 3 heteroatoms. The second-order valence-corrected chi connectivity index (χ2v) is 5.50. The van der Waals surface area contributed by atoms with Crippen LogP contribution >= 0.6 is 0 Å². The van der Waals surface area contributed by atoms with E-state index in [4.69, 9.17) is 4.74 Å². The number of rotatable bonds is 6. The molecule has 0 aliphatic heterocycles. The van der Waals surface area contributed by atoms with Crippen molar-refractivity contribution in [3.05, 3.63) is 59.9 Å². The van der Waals surface area contributed by atoms with Crippen LogP contribution in [-0.2, 0) is 13.0 Å². The summed E-state index contributed by atoms with van der Waals surface area (Å²) in [5.41, 5.74) is 3.61. The number of imidazole rings is 1. The molecule has 0 unspecified atom stereocenters. The minimum atomic E-state index is 0.720. The standard InChI is InChI=1S/C19H22N2O/c1-3-16-9-11-17(12-10-16)22-14-6-13-21-15(2)20-18-7-4-5-8-19(18)21/h4-5,7-12H,3,6,13-14H2,1-2H3. The molecular weight excluding hydrogens is 272 g/mol. The van der Waals surface area contributed by atoms with E-state index in [-0.39, 0.29) is 0 Å². The van der Waals surface area contributed by atoms with E-state index >= 15 is 0 Å². The molecule has 3 aromatic rings. The summed E-state index contributed by atoms with van der Waals surface area (Å²) in [6.45, 7) is 5.87. The Balaban J connectivity index is 1.57. The lowest BCUT2D eigenvalue weighted by Gasteiger charge is -2.09. The Morgan fingerprint density at radius 3 is 2.59 bits per heavy atom. The topological polar surface area (TPSA) is 27.1 Å². The van der Waals surface area contributed by atoms with Crippen LogP contribution in [0.5, 0.6) is 5.75 Å². The smallest absolute Gasteiger partial charge is 0.119 e. The third-order valence-electron chi connectivity index (χ3n) is 3.97. The van der Waals surface area contributed by atoms with E-state index in [9.17, 15) is 0 Å². The number of benzene rings is 2. The first-order chi connectivity index (χ1) is 10.8. The Bertz CT molecular complexity index is 744. The van der Waals surface area contributed by atoms with Crippen LogP contribution in [0.25, 0.3) is 11.0 Å². The fourth-order valence-electron chi connectivity index (χ4n) is 2.71. The highest BCUT2D eigenvalue weighted by Gasteiger charge is 2.06. The van der Waals surface area contributed by atoms with Gasteiger partial charge in [-0.05, 0) is 49.6 Å². The van der Waals surface area contributed by atoms with Gasteiger partial charge >= 0.3 is 0 Å². The van der Waals surface area contributed by atoms with Crippen molar-refractivity contribution in [1.82, 2.24) is 9.55 Å². The summed E-state index contributed by atoms with van der Waals surface area (Å²) < 4.78 is 8.08. The molecule has 1 heterocycles. The summed E-state index contributed by atoms with van der Waals surface area (Å²) in [5, 5.41) is 0. The van der Waals surface area contributed by atoms with Crippen LogP contribution in [0.2, 0.25) is 0 Å². The zero-order chi connectivity index (χ0) is 15.4. The van der Waals surface area contributed by atoms with Crippen molar-refractivity contribution in [2.24, 2.45) is 0 Å². The van der Waals surface area contributed by atoms with E-state index < -0.39 is 0 Å². The van der Waals surface area contributed by atoms with E-state index in [1.54, 1.807) is 0 Å². The summed E-state index contributed by atoms with van der Waals surface area (Å²) >= 11 is 0. The second kappa shape index (κ2) is 6.65. The first-order valence-corrected chi connectivity index (χ1v) is 7.91. The van der Waals surface area contributed by atoms with Gasteiger partial charge in [-0.3, -0.25) is 0 Å². The van der Waals surface area contributed by atoms with Gasteiger partial charge in [-0.25, -0.2) is 4.98 Å². The highest BCUT2D eigenvalue weighted by molar-refractivity contribution is 5.75. The van der Waals surface area contributed by atoms with Crippen LogP contribution in [0.1, 0.15) is 24.7 Å². The van der Waals surface area contributed by atoms with Gasteiger partial charge in [0.1, 0.15) is 11.6 Å². The Morgan fingerprint density at radius 1 is 1.05 bits per heavy atom. The monoisotopic (exact) mass is 294 g/mol. The Kier molecular flexibility index (Phi) is 4.42. The molecular formula is C19H22N2O. The van der Waals surface area contributed by atoms with Crippen molar-refractivity contribution in [1.29, 1.82) is 0 Å². The molecule has 22 heavy (non-hydrogen) atoms. The Hall–Kier alpha value is -2.29. The van der Waals surface area contributed by atoms with Gasteiger partial charge in [0, 0.05) is 6.54 Å². The van der Waals surface area contributed by atoms with Crippen molar-refractivity contribution < 1.29 is 4.74 Å². The number of aryl methyl sites for hydroxylation is 3. The molecule has 1 aromatic heterocycles. The summed E-state index contributed by atoms with van der Waals surface area (Å²) in [5.74, 6) is 2.01. The molecule has 0 aliphatic carbocycles. The molecule has 0 spiro atoms. The number of aromatic nitrogens is 2. The summed E-state index contributed by atoms with van der Waals surface area (Å²) in [7, 11) is 0. The maximum atomic E-state index is 5.82. The van der Waals surface area contributed by atoms with Crippen molar-refractivity contribution in [3.8, 4) is 5.75 Å². The average molecular weight is 294 g/mol. The van der Waals surface area contributed by atoms with Crippen LogP contribution in [0, 0.1) is 6.92 Å². The fourth-order valence-corrected chi connectivity index (χ4v) is 2.71. The van der Waals surface area contributed by atoms with Crippen LogP contribution in [0.15, 0.2) is 48.5 Å². The van der Waals surface area contributed by atoms with E-state index in [0.717, 1.165) is 43.1 Å². The Labute approximate surface area is 131 Å². The highest BCUT2D eigenvalue weighted by atomic mass is 16.5. The van der Waals surface area contributed by atoms with Crippen LogP contribution in [0.3, 0.4) is 0 Å². The molecule has 3 nitrogen and oxygen atoms in total. The fraction of sp³-hybridized carbons (Fsp3) is 0.316. The summed E-state index contributed by atoms with van der Waals surface area (Å²) in [6, 6.07) is 16.6. The average Bonchev–Trinajstić information content (AvgIpc) is 2.88. The third-order valence-corrected chi connectivity index (χ3v) is 3.97. The third kappa shape index (κ3) is 3.14. The summed E-state index contributed by atoms with van der Waals surface area (Å²) in [6.07, 6.45) is 2.03. The molecule has 0 N–H and O–H groups in total. The van der Waals surface area contributed by atoms with Crippen molar-refractivity contribution >= 4 is 11.0 Å². The first-order valence-electron chi connectivity index (χ1n) is 7.91. The maximum absolute atomic E-state index is 5.82. The molecule has 0 aliphatic rings. The van der Waals surface area contributed by atoms with Gasteiger partial charge in [0.05, 0.1) is 17.6 Å². The molecule has 0 fully saturated rings. The van der Waals surface area contributed by atoms with E-state index in [1.165, 1.54) is 11.1 Å². The van der Waals surface area contributed by atoms with Gasteiger partial charge < -0.3 is 9.30 Å². The van der Waals surface area contributed by atoms with E-state index in [1.807, 2.05) is 6.07 Å². The minimum absolute atomic E-state index is 0.720. The molecule has 0 amide bonds. The predicted octanol–water partition coefficient (Wildman–Crippen LogP) is 4.38. The molecule has 0 atom stereocenters. The van der Waals surface area contributed by atoms with Crippen LogP contribution in [-0.4, -0.2) is 16.2 Å². The number of hydrogen-bond acceptors (Lipinski definition) is 2. The van der Waals surface area contributed by atoms with Crippen molar-refractivity contribution in [3.63, 3.8) is 0 Å². The number of nitrogens with zero attached hydrogens (tertiary/aromatic N) is 2. The van der Waals surface area contributed by atoms with Gasteiger partial charge in [-0.2, -0.15) is 0 Å². The van der Waals surface area contributed by atoms with E-state index in [0.29, 0.717) is 0 Å². The molecule has 0 bridgehead atoms. The van der Waals surface area contributed by atoms with Crippen LogP contribution in [0.4, 0.5) is 0 Å². The molecule has 3 rings (SSSR count). The zero-order valence-corrected chi connectivity index (χ0v) is 13.2. The highest BCUT2D eigenvalue weighted by Crippen LogP contribution is 2.16. The van der Waals surface area contributed by atoms with Crippen molar-refractivity contribution in [2.45, 2.75) is 33.2 Å². The zero-order valence-electron chi connectivity index (χ0n) is 13.2. The number of fused-ring (bicyclic) bond motifs is 1. The van der Waals surface area contributed by atoms with Gasteiger partial charge in [-0.1, -0.05) is 31.2 Å². The lowest BCUT2D eigenvalue weighted by atomic mass is 10.2. The van der Waals surface area contributed by atoms with Crippen LogP contribution < -0.4 is 4.74 Å². The molecule has 0 radical (unpaired) electrons. The molecule has 0 saturated carbocycles. The van der Waals surface area contributed by atoms with Gasteiger partial charge in [0.2, 0.25) is 0 Å². The number of para-hydroxylation sites is 2. The Morgan fingerprint density at radius 2 is 1.82 bits per heavy atom. The number of hydrogen-bond donors (Lipinski definition) is 0. The molecule has 2 aromatic carbocycles.